The van der Waals surface area contributed by atoms with Gasteiger partial charge in [-0.05, 0) is 12.3 Å². The minimum absolute atomic E-state index is 0.141. The highest BCUT2D eigenvalue weighted by molar-refractivity contribution is 5.49. The normalized spacial score (nSPS) is 22.9. The lowest BCUT2D eigenvalue weighted by Gasteiger charge is -2.44. The number of halogens is 3. The molecular formula is C16H23F3N2. The molecule has 0 amide bonds. The lowest BCUT2D eigenvalue weighted by molar-refractivity contribution is 0.326. The molecular weight excluding hydrogens is 277 g/mol. The maximum absolute atomic E-state index is 13.5. The molecule has 1 aromatic rings. The van der Waals surface area contributed by atoms with Gasteiger partial charge < -0.3 is 10.2 Å². The topological polar surface area (TPSA) is 15.3 Å². The standard InChI is InChI=1S/C16H23F3N2/c1-4-5-11-9-21(15(8-20-11)10(2)3)12-6-13(17)16(19)14(18)7-12/h6-7,10-11,15,20H,4-5,8-9H2,1-3H3. The smallest absolute Gasteiger partial charge is 0.194 e. The average molecular weight is 300 g/mol. The predicted molar refractivity (Wildman–Crippen MR) is 79.0 cm³/mol. The number of nitrogens with one attached hydrogen (secondary N) is 1. The summed E-state index contributed by atoms with van der Waals surface area (Å²) < 4.78 is 40.2. The van der Waals surface area contributed by atoms with Gasteiger partial charge in [-0.1, -0.05) is 27.2 Å². The van der Waals surface area contributed by atoms with Crippen LogP contribution in [0.5, 0.6) is 0 Å². The van der Waals surface area contributed by atoms with E-state index in [0.717, 1.165) is 31.5 Å². The number of hydrogen-bond acceptors (Lipinski definition) is 2. The summed E-state index contributed by atoms with van der Waals surface area (Å²) in [5, 5.41) is 3.49. The Bertz CT molecular complexity index is 467. The van der Waals surface area contributed by atoms with Gasteiger partial charge >= 0.3 is 0 Å². The van der Waals surface area contributed by atoms with Crippen molar-refractivity contribution in [2.45, 2.75) is 45.7 Å². The van der Waals surface area contributed by atoms with E-state index < -0.39 is 17.5 Å². The van der Waals surface area contributed by atoms with Crippen molar-refractivity contribution in [3.63, 3.8) is 0 Å². The first-order valence-electron chi connectivity index (χ1n) is 7.58. The van der Waals surface area contributed by atoms with Gasteiger partial charge in [-0.2, -0.15) is 0 Å². The van der Waals surface area contributed by atoms with Crippen LogP contribution in [0, 0.1) is 23.4 Å². The highest BCUT2D eigenvalue weighted by atomic mass is 19.2. The number of nitrogens with zero attached hydrogens (tertiary/aromatic N) is 1. The van der Waals surface area contributed by atoms with Gasteiger partial charge in [-0.25, -0.2) is 13.2 Å². The maximum atomic E-state index is 13.5. The molecule has 0 aliphatic carbocycles. The van der Waals surface area contributed by atoms with Crippen molar-refractivity contribution in [3.8, 4) is 0 Å². The second-order valence-electron chi connectivity index (χ2n) is 6.08. The van der Waals surface area contributed by atoms with Crippen LogP contribution in [0.15, 0.2) is 12.1 Å². The number of rotatable bonds is 4. The molecule has 1 heterocycles. The van der Waals surface area contributed by atoms with Gasteiger partial charge in [0.15, 0.2) is 17.5 Å². The quantitative estimate of drug-likeness (QED) is 0.853. The van der Waals surface area contributed by atoms with Gasteiger partial charge in [0.05, 0.1) is 0 Å². The first-order valence-corrected chi connectivity index (χ1v) is 7.58. The molecule has 1 aliphatic rings. The zero-order chi connectivity index (χ0) is 15.6. The molecule has 1 fully saturated rings. The summed E-state index contributed by atoms with van der Waals surface area (Å²) in [4.78, 5) is 2.01. The third-order valence-corrected chi connectivity index (χ3v) is 4.14. The van der Waals surface area contributed by atoms with Crippen LogP contribution >= 0.6 is 0 Å². The maximum Gasteiger partial charge on any atom is 0.194 e. The Hall–Kier alpha value is -1.23. The summed E-state index contributed by atoms with van der Waals surface area (Å²) in [5.41, 5.74) is 0.424. The lowest BCUT2D eigenvalue weighted by Crippen LogP contribution is -2.58. The number of hydrogen-bond donors (Lipinski definition) is 1. The summed E-state index contributed by atoms with van der Waals surface area (Å²) in [6.07, 6.45) is 2.05. The van der Waals surface area contributed by atoms with E-state index in [1.165, 1.54) is 0 Å². The van der Waals surface area contributed by atoms with Crippen molar-refractivity contribution in [2.75, 3.05) is 18.0 Å². The second kappa shape index (κ2) is 6.69. The molecule has 1 aromatic carbocycles. The molecule has 0 radical (unpaired) electrons. The molecule has 2 unspecified atom stereocenters. The van der Waals surface area contributed by atoms with Crippen molar-refractivity contribution < 1.29 is 13.2 Å². The molecule has 2 atom stereocenters. The molecule has 0 saturated carbocycles. The Kier molecular flexibility index (Phi) is 5.14. The van der Waals surface area contributed by atoms with E-state index >= 15 is 0 Å². The third-order valence-electron chi connectivity index (χ3n) is 4.14. The molecule has 118 valence electrons. The summed E-state index contributed by atoms with van der Waals surface area (Å²) in [7, 11) is 0. The number of anilines is 1. The third kappa shape index (κ3) is 3.51. The molecule has 0 spiro atoms. The van der Waals surface area contributed by atoms with Crippen LogP contribution in [-0.2, 0) is 0 Å². The molecule has 1 saturated heterocycles. The molecule has 0 aromatic heterocycles. The molecule has 21 heavy (non-hydrogen) atoms. The summed E-state index contributed by atoms with van der Waals surface area (Å²) in [6, 6.07) is 2.63. The van der Waals surface area contributed by atoms with E-state index in [1.807, 2.05) is 4.90 Å². The summed E-state index contributed by atoms with van der Waals surface area (Å²) >= 11 is 0. The highest BCUT2D eigenvalue weighted by Crippen LogP contribution is 2.27. The Morgan fingerprint density at radius 1 is 1.24 bits per heavy atom. The molecule has 2 nitrogen and oxygen atoms in total. The zero-order valence-corrected chi connectivity index (χ0v) is 12.8. The number of piperazine rings is 1. The van der Waals surface area contributed by atoms with E-state index in [-0.39, 0.29) is 6.04 Å². The molecule has 1 aliphatic heterocycles. The van der Waals surface area contributed by atoms with Gasteiger partial charge in [0.1, 0.15) is 0 Å². The van der Waals surface area contributed by atoms with Gasteiger partial charge in [-0.15, -0.1) is 0 Å². The van der Waals surface area contributed by atoms with Crippen molar-refractivity contribution in [1.82, 2.24) is 5.32 Å². The van der Waals surface area contributed by atoms with Gasteiger partial charge in [-0.3, -0.25) is 0 Å². The van der Waals surface area contributed by atoms with Crippen molar-refractivity contribution >= 4 is 5.69 Å². The minimum atomic E-state index is -1.40. The lowest BCUT2D eigenvalue weighted by atomic mass is 9.96. The predicted octanol–water partition coefficient (Wildman–Crippen LogP) is 3.71. The average Bonchev–Trinajstić information content (AvgIpc) is 2.44. The van der Waals surface area contributed by atoms with Crippen molar-refractivity contribution in [2.24, 2.45) is 5.92 Å². The van der Waals surface area contributed by atoms with Gasteiger partial charge in [0.25, 0.3) is 0 Å². The van der Waals surface area contributed by atoms with E-state index in [0.29, 0.717) is 24.2 Å². The fourth-order valence-electron chi connectivity index (χ4n) is 2.98. The van der Waals surface area contributed by atoms with Crippen LogP contribution in [0.1, 0.15) is 33.6 Å². The first-order chi connectivity index (χ1) is 9.93. The number of benzene rings is 1. The van der Waals surface area contributed by atoms with Gasteiger partial charge in [0.2, 0.25) is 0 Å². The van der Waals surface area contributed by atoms with Crippen LogP contribution in [0.3, 0.4) is 0 Å². The monoisotopic (exact) mass is 300 g/mol. The fourth-order valence-corrected chi connectivity index (χ4v) is 2.98. The Morgan fingerprint density at radius 2 is 1.86 bits per heavy atom. The minimum Gasteiger partial charge on any atom is -0.365 e. The van der Waals surface area contributed by atoms with E-state index in [9.17, 15) is 13.2 Å². The van der Waals surface area contributed by atoms with Crippen LogP contribution in [-0.4, -0.2) is 25.2 Å². The van der Waals surface area contributed by atoms with Crippen molar-refractivity contribution in [1.29, 1.82) is 0 Å². The Morgan fingerprint density at radius 3 is 2.38 bits per heavy atom. The van der Waals surface area contributed by atoms with Crippen LogP contribution in [0.4, 0.5) is 18.9 Å². The van der Waals surface area contributed by atoms with Gasteiger partial charge in [0, 0.05) is 43.0 Å². The Balaban J connectivity index is 2.31. The van der Waals surface area contributed by atoms with E-state index in [2.05, 4.69) is 26.1 Å². The first kappa shape index (κ1) is 16.1. The van der Waals surface area contributed by atoms with Crippen LogP contribution in [0.2, 0.25) is 0 Å². The molecule has 2 rings (SSSR count). The van der Waals surface area contributed by atoms with E-state index in [1.54, 1.807) is 0 Å². The largest absolute Gasteiger partial charge is 0.365 e. The fraction of sp³-hybridized carbons (Fsp3) is 0.625. The second-order valence-corrected chi connectivity index (χ2v) is 6.08. The Labute approximate surface area is 124 Å². The highest BCUT2D eigenvalue weighted by Gasteiger charge is 2.30. The molecule has 5 heteroatoms. The van der Waals surface area contributed by atoms with Crippen LogP contribution < -0.4 is 10.2 Å². The molecule has 0 bridgehead atoms. The summed E-state index contributed by atoms with van der Waals surface area (Å²) in [6.45, 7) is 7.72. The summed E-state index contributed by atoms with van der Waals surface area (Å²) in [5.74, 6) is -3.33. The van der Waals surface area contributed by atoms with Crippen molar-refractivity contribution in [3.05, 3.63) is 29.6 Å². The van der Waals surface area contributed by atoms with E-state index in [4.69, 9.17) is 0 Å². The SMILES string of the molecule is CCCC1CN(c2cc(F)c(F)c(F)c2)C(C(C)C)CN1. The molecule has 1 N–H and O–H groups in total. The van der Waals surface area contributed by atoms with Crippen LogP contribution in [0.25, 0.3) is 0 Å². The zero-order valence-electron chi connectivity index (χ0n) is 12.8.